The molecule has 2 N–H and O–H groups in total. The van der Waals surface area contributed by atoms with Crippen LogP contribution in [0.2, 0.25) is 0 Å². The maximum Gasteiger partial charge on any atom is 0.330 e. The van der Waals surface area contributed by atoms with Crippen molar-refractivity contribution in [1.82, 2.24) is 9.55 Å². The van der Waals surface area contributed by atoms with Crippen LogP contribution in [0.3, 0.4) is 0 Å². The molecule has 5 heteroatoms. The van der Waals surface area contributed by atoms with E-state index in [9.17, 15) is 14.7 Å². The van der Waals surface area contributed by atoms with Crippen LogP contribution in [-0.2, 0) is 10.3 Å². The van der Waals surface area contributed by atoms with E-state index in [1.54, 1.807) is 6.20 Å². The van der Waals surface area contributed by atoms with Crippen LogP contribution in [0.5, 0.6) is 0 Å². The van der Waals surface area contributed by atoms with E-state index in [4.69, 9.17) is 0 Å². The van der Waals surface area contributed by atoms with E-state index in [-0.39, 0.29) is 5.69 Å². The van der Waals surface area contributed by atoms with Gasteiger partial charge in [0.05, 0.1) is 0 Å². The molecule has 0 saturated heterocycles. The van der Waals surface area contributed by atoms with Gasteiger partial charge in [0.2, 0.25) is 0 Å². The molecule has 0 spiro atoms. The van der Waals surface area contributed by atoms with Crippen molar-refractivity contribution in [2.24, 2.45) is 5.92 Å². The highest BCUT2D eigenvalue weighted by Gasteiger charge is 2.44. The van der Waals surface area contributed by atoms with Gasteiger partial charge in [0.15, 0.2) is 0 Å². The molecule has 0 atom stereocenters. The van der Waals surface area contributed by atoms with Crippen LogP contribution in [0.1, 0.15) is 39.0 Å². The zero-order chi connectivity index (χ0) is 12.5. The van der Waals surface area contributed by atoms with Crippen LogP contribution in [0.15, 0.2) is 17.2 Å². The molecular formula is C12H18N2O3. The van der Waals surface area contributed by atoms with Gasteiger partial charge in [-0.25, -0.2) is 9.59 Å². The molecule has 0 unspecified atom stereocenters. The summed E-state index contributed by atoms with van der Waals surface area (Å²) in [5.74, 6) is -0.300. The predicted molar refractivity (Wildman–Crippen MR) is 62.9 cm³/mol. The average molecular weight is 238 g/mol. The summed E-state index contributed by atoms with van der Waals surface area (Å²) in [6.07, 6.45) is 6.96. The summed E-state index contributed by atoms with van der Waals surface area (Å²) >= 11 is 0. The number of hydrogen-bond acceptors (Lipinski definition) is 2. The Balaban J connectivity index is 2.33. The monoisotopic (exact) mass is 238 g/mol. The van der Waals surface area contributed by atoms with Crippen LogP contribution >= 0.6 is 0 Å². The summed E-state index contributed by atoms with van der Waals surface area (Å²) in [6.45, 7) is 2.13. The van der Waals surface area contributed by atoms with E-state index in [0.29, 0.717) is 18.8 Å². The van der Waals surface area contributed by atoms with E-state index in [1.807, 2.05) is 0 Å². The van der Waals surface area contributed by atoms with Crippen molar-refractivity contribution in [1.29, 1.82) is 0 Å². The second-order valence-electron chi connectivity index (χ2n) is 4.82. The Morgan fingerprint density at radius 2 is 2.24 bits per heavy atom. The second-order valence-corrected chi connectivity index (χ2v) is 4.82. The van der Waals surface area contributed by atoms with Crippen LogP contribution in [0, 0.1) is 5.92 Å². The lowest BCUT2D eigenvalue weighted by atomic mass is 9.75. The zero-order valence-electron chi connectivity index (χ0n) is 9.98. The first-order chi connectivity index (χ1) is 8.10. The van der Waals surface area contributed by atoms with Gasteiger partial charge in [-0.2, -0.15) is 0 Å². The summed E-state index contributed by atoms with van der Waals surface area (Å²) in [5, 5.41) is 9.47. The Bertz CT molecular complexity index is 452. The number of imidazole rings is 1. The Kier molecular flexibility index (Phi) is 3.09. The minimum Gasteiger partial charge on any atom is -0.479 e. The molecule has 1 heterocycles. The SMILES string of the molecule is CCC1CCC(C(=O)O)(n2cc[nH]c2=O)CC1. The van der Waals surface area contributed by atoms with Crippen molar-refractivity contribution >= 4 is 5.97 Å². The average Bonchev–Trinajstić information content (AvgIpc) is 2.76. The standard InChI is InChI=1S/C12H18N2O3/c1-2-9-3-5-12(6-4-9,10(15)16)14-8-7-13-11(14)17/h7-9H,2-6H2,1H3,(H,13,17)(H,15,16). The molecule has 17 heavy (non-hydrogen) atoms. The van der Waals surface area contributed by atoms with Gasteiger partial charge in [0, 0.05) is 12.4 Å². The molecule has 1 fully saturated rings. The lowest BCUT2D eigenvalue weighted by molar-refractivity contribution is -0.150. The third-order valence-corrected chi connectivity index (χ3v) is 4.02. The van der Waals surface area contributed by atoms with Gasteiger partial charge in [-0.05, 0) is 31.6 Å². The maximum atomic E-state index is 11.6. The normalized spacial score (nSPS) is 29.1. The van der Waals surface area contributed by atoms with E-state index < -0.39 is 11.5 Å². The molecule has 1 aliphatic rings. The van der Waals surface area contributed by atoms with E-state index in [1.165, 1.54) is 10.8 Å². The summed E-state index contributed by atoms with van der Waals surface area (Å²) in [6, 6.07) is 0. The Morgan fingerprint density at radius 3 is 2.65 bits per heavy atom. The molecule has 2 rings (SSSR count). The zero-order valence-corrected chi connectivity index (χ0v) is 9.98. The third-order valence-electron chi connectivity index (χ3n) is 4.02. The van der Waals surface area contributed by atoms with Gasteiger partial charge in [-0.1, -0.05) is 13.3 Å². The molecule has 0 bridgehead atoms. The van der Waals surface area contributed by atoms with Crippen molar-refractivity contribution in [3.05, 3.63) is 22.9 Å². The molecule has 0 amide bonds. The van der Waals surface area contributed by atoms with Crippen molar-refractivity contribution in [2.75, 3.05) is 0 Å². The Morgan fingerprint density at radius 1 is 1.59 bits per heavy atom. The highest BCUT2D eigenvalue weighted by Crippen LogP contribution is 2.38. The fourth-order valence-electron chi connectivity index (χ4n) is 2.78. The van der Waals surface area contributed by atoms with Crippen LogP contribution in [0.4, 0.5) is 0 Å². The number of aliphatic carboxylic acids is 1. The summed E-state index contributed by atoms with van der Waals surface area (Å²) in [5.41, 5.74) is -1.37. The molecule has 1 aliphatic carbocycles. The van der Waals surface area contributed by atoms with Gasteiger partial charge in [-0.15, -0.1) is 0 Å². The number of aromatic amines is 1. The highest BCUT2D eigenvalue weighted by molar-refractivity contribution is 5.76. The van der Waals surface area contributed by atoms with Gasteiger partial charge in [0.25, 0.3) is 0 Å². The van der Waals surface area contributed by atoms with Crippen LogP contribution in [-0.4, -0.2) is 20.6 Å². The fraction of sp³-hybridized carbons (Fsp3) is 0.667. The van der Waals surface area contributed by atoms with Crippen molar-refractivity contribution in [2.45, 2.75) is 44.6 Å². The number of aromatic nitrogens is 2. The number of carboxylic acids is 1. The molecule has 0 radical (unpaired) electrons. The van der Waals surface area contributed by atoms with Gasteiger partial charge < -0.3 is 10.1 Å². The molecule has 1 aromatic rings. The van der Waals surface area contributed by atoms with Gasteiger partial charge in [0.1, 0.15) is 5.54 Å². The van der Waals surface area contributed by atoms with E-state index >= 15 is 0 Å². The maximum absolute atomic E-state index is 11.6. The number of hydrogen-bond donors (Lipinski definition) is 2. The van der Waals surface area contributed by atoms with Gasteiger partial charge >= 0.3 is 11.7 Å². The minimum absolute atomic E-state index is 0.331. The van der Waals surface area contributed by atoms with E-state index in [2.05, 4.69) is 11.9 Å². The first kappa shape index (κ1) is 12.0. The number of carbonyl (C=O) groups is 1. The molecule has 1 aromatic heterocycles. The second kappa shape index (κ2) is 4.39. The van der Waals surface area contributed by atoms with Crippen molar-refractivity contribution in [3.8, 4) is 0 Å². The third kappa shape index (κ3) is 1.90. The summed E-state index contributed by atoms with van der Waals surface area (Å²) < 4.78 is 1.35. The number of carboxylic acid groups (broad SMARTS) is 1. The first-order valence-corrected chi connectivity index (χ1v) is 6.10. The van der Waals surface area contributed by atoms with Crippen LogP contribution in [0.25, 0.3) is 0 Å². The number of nitrogens with one attached hydrogen (secondary N) is 1. The summed E-state index contributed by atoms with van der Waals surface area (Å²) in [4.78, 5) is 25.7. The highest BCUT2D eigenvalue weighted by atomic mass is 16.4. The molecule has 94 valence electrons. The number of nitrogens with zero attached hydrogens (tertiary/aromatic N) is 1. The number of H-pyrrole nitrogens is 1. The van der Waals surface area contributed by atoms with Crippen molar-refractivity contribution < 1.29 is 9.90 Å². The van der Waals surface area contributed by atoms with Crippen molar-refractivity contribution in [3.63, 3.8) is 0 Å². The molecule has 0 aromatic carbocycles. The van der Waals surface area contributed by atoms with Gasteiger partial charge in [-0.3, -0.25) is 4.57 Å². The Labute approximate surface area is 99.5 Å². The molecular weight excluding hydrogens is 220 g/mol. The quantitative estimate of drug-likeness (QED) is 0.839. The molecule has 5 nitrogen and oxygen atoms in total. The number of rotatable bonds is 3. The largest absolute Gasteiger partial charge is 0.479 e. The molecule has 0 aliphatic heterocycles. The minimum atomic E-state index is -1.04. The smallest absolute Gasteiger partial charge is 0.330 e. The van der Waals surface area contributed by atoms with E-state index in [0.717, 1.165) is 19.3 Å². The lowest BCUT2D eigenvalue weighted by Crippen LogP contribution is -2.48. The Hall–Kier alpha value is -1.52. The first-order valence-electron chi connectivity index (χ1n) is 6.10. The van der Waals surface area contributed by atoms with Crippen LogP contribution < -0.4 is 5.69 Å². The lowest BCUT2D eigenvalue weighted by Gasteiger charge is -2.37. The predicted octanol–water partition coefficient (Wildman–Crippen LogP) is 1.56. The summed E-state index contributed by atoms with van der Waals surface area (Å²) in [7, 11) is 0. The molecule has 1 saturated carbocycles. The fourth-order valence-corrected chi connectivity index (χ4v) is 2.78. The topological polar surface area (TPSA) is 75.1 Å².